The molecule has 1 N–H and O–H groups in total. The van der Waals surface area contributed by atoms with Crippen LogP contribution in [0, 0.1) is 0 Å². The number of hydrogen-bond donors (Lipinski definition) is 1. The van der Waals surface area contributed by atoms with Gasteiger partial charge < -0.3 is 5.32 Å². The minimum absolute atomic E-state index is 0.0165. The van der Waals surface area contributed by atoms with Gasteiger partial charge in [-0.2, -0.15) is 0 Å². The molecule has 0 aromatic heterocycles. The molecule has 5 heteroatoms. The van der Waals surface area contributed by atoms with Crippen molar-refractivity contribution in [3.05, 3.63) is 95.6 Å². The second kappa shape index (κ2) is 10.3. The number of benzene rings is 3. The summed E-state index contributed by atoms with van der Waals surface area (Å²) >= 11 is 1.62. The molecular formula is C28H30N2O2S. The highest BCUT2D eigenvalue weighted by atomic mass is 32.2. The lowest BCUT2D eigenvalue weighted by atomic mass is 9.95. The van der Waals surface area contributed by atoms with Gasteiger partial charge in [0.25, 0.3) is 0 Å². The molecule has 1 aliphatic rings. The number of thioether (sulfide) groups is 1. The van der Waals surface area contributed by atoms with E-state index in [4.69, 9.17) is 0 Å². The van der Waals surface area contributed by atoms with Gasteiger partial charge in [-0.05, 0) is 53.3 Å². The van der Waals surface area contributed by atoms with Crippen molar-refractivity contribution < 1.29 is 9.59 Å². The topological polar surface area (TPSA) is 49.4 Å². The Morgan fingerprint density at radius 3 is 2.39 bits per heavy atom. The molecule has 3 aromatic carbocycles. The molecule has 3 aromatic rings. The third-order valence-corrected chi connectivity index (χ3v) is 7.28. The van der Waals surface area contributed by atoms with E-state index in [1.165, 1.54) is 5.56 Å². The smallest absolute Gasteiger partial charge is 0.238 e. The summed E-state index contributed by atoms with van der Waals surface area (Å²) in [6.45, 7) is 6.35. The van der Waals surface area contributed by atoms with Crippen molar-refractivity contribution in [3.63, 3.8) is 0 Å². The highest BCUT2D eigenvalue weighted by Crippen LogP contribution is 2.42. The van der Waals surface area contributed by atoms with Crippen molar-refractivity contribution in [2.45, 2.75) is 44.4 Å². The summed E-state index contributed by atoms with van der Waals surface area (Å²) in [7, 11) is 0. The zero-order valence-corrected chi connectivity index (χ0v) is 20.1. The molecule has 4 rings (SSSR count). The summed E-state index contributed by atoms with van der Waals surface area (Å²) in [6, 6.07) is 26.0. The SMILES string of the molecule is CCC(C(=O)Nc1cccc(C2SCC(=O)N2c2ccc(C(C)C)cc2)c1)c1ccccc1. The number of anilines is 2. The molecule has 0 saturated carbocycles. The first kappa shape index (κ1) is 23.1. The van der Waals surface area contributed by atoms with Crippen molar-refractivity contribution >= 4 is 35.0 Å². The highest BCUT2D eigenvalue weighted by molar-refractivity contribution is 8.00. The third kappa shape index (κ3) is 5.14. The van der Waals surface area contributed by atoms with Crippen LogP contribution in [-0.2, 0) is 9.59 Å². The van der Waals surface area contributed by atoms with Gasteiger partial charge in [0.05, 0.1) is 11.7 Å². The maximum atomic E-state index is 13.0. The molecular weight excluding hydrogens is 428 g/mol. The van der Waals surface area contributed by atoms with E-state index in [0.29, 0.717) is 11.7 Å². The molecule has 2 amide bonds. The lowest BCUT2D eigenvalue weighted by Crippen LogP contribution is -2.28. The monoisotopic (exact) mass is 458 g/mol. The van der Waals surface area contributed by atoms with Gasteiger partial charge >= 0.3 is 0 Å². The molecule has 1 saturated heterocycles. The first-order chi connectivity index (χ1) is 16.0. The van der Waals surface area contributed by atoms with E-state index in [0.717, 1.165) is 28.9 Å². The highest BCUT2D eigenvalue weighted by Gasteiger charge is 2.34. The van der Waals surface area contributed by atoms with Gasteiger partial charge in [-0.15, -0.1) is 11.8 Å². The lowest BCUT2D eigenvalue weighted by molar-refractivity contribution is -0.118. The summed E-state index contributed by atoms with van der Waals surface area (Å²) in [5.41, 5.74) is 4.93. The summed E-state index contributed by atoms with van der Waals surface area (Å²) in [4.78, 5) is 27.7. The number of rotatable bonds is 7. The number of nitrogens with zero attached hydrogens (tertiary/aromatic N) is 1. The number of nitrogens with one attached hydrogen (secondary N) is 1. The van der Waals surface area contributed by atoms with E-state index in [1.807, 2.05) is 78.6 Å². The van der Waals surface area contributed by atoms with Gasteiger partial charge in [0, 0.05) is 11.4 Å². The molecule has 0 aliphatic carbocycles. The van der Waals surface area contributed by atoms with E-state index < -0.39 is 0 Å². The minimum Gasteiger partial charge on any atom is -0.326 e. The predicted octanol–water partition coefficient (Wildman–Crippen LogP) is 6.72. The van der Waals surface area contributed by atoms with Gasteiger partial charge in [-0.3, -0.25) is 14.5 Å². The van der Waals surface area contributed by atoms with Gasteiger partial charge in [-0.25, -0.2) is 0 Å². The van der Waals surface area contributed by atoms with Crippen LogP contribution in [0.1, 0.15) is 61.1 Å². The summed E-state index contributed by atoms with van der Waals surface area (Å²) in [5, 5.41) is 2.97. The van der Waals surface area contributed by atoms with Gasteiger partial charge in [0.1, 0.15) is 5.37 Å². The zero-order chi connectivity index (χ0) is 23.4. The maximum absolute atomic E-state index is 13.0. The van der Waals surface area contributed by atoms with Crippen LogP contribution in [0.2, 0.25) is 0 Å². The number of amides is 2. The van der Waals surface area contributed by atoms with E-state index in [9.17, 15) is 9.59 Å². The molecule has 0 spiro atoms. The van der Waals surface area contributed by atoms with Crippen LogP contribution in [0.15, 0.2) is 78.9 Å². The fourth-order valence-corrected chi connectivity index (χ4v) is 5.39. The number of carbonyl (C=O) groups excluding carboxylic acids is 2. The largest absolute Gasteiger partial charge is 0.326 e. The molecule has 0 bridgehead atoms. The molecule has 1 heterocycles. The Balaban J connectivity index is 1.55. The van der Waals surface area contributed by atoms with Gasteiger partial charge in [0.15, 0.2) is 0 Å². The predicted molar refractivity (Wildman–Crippen MR) is 138 cm³/mol. The molecule has 170 valence electrons. The summed E-state index contributed by atoms with van der Waals surface area (Å²) in [5.74, 6) is 0.776. The fourth-order valence-electron chi connectivity index (χ4n) is 4.23. The fraction of sp³-hybridized carbons (Fsp3) is 0.286. The third-order valence-electron chi connectivity index (χ3n) is 6.07. The number of carbonyl (C=O) groups is 2. The normalized spacial score (nSPS) is 16.8. The molecule has 1 aliphatic heterocycles. The Labute approximate surface area is 200 Å². The molecule has 0 radical (unpaired) electrons. The average Bonchev–Trinajstić information content (AvgIpc) is 3.22. The Kier molecular flexibility index (Phi) is 7.19. The van der Waals surface area contributed by atoms with Crippen molar-refractivity contribution in [3.8, 4) is 0 Å². The Morgan fingerprint density at radius 1 is 1.00 bits per heavy atom. The van der Waals surface area contributed by atoms with Crippen LogP contribution in [0.5, 0.6) is 0 Å². The molecule has 2 atom stereocenters. The first-order valence-corrected chi connectivity index (χ1v) is 12.5. The Hall–Kier alpha value is -3.05. The van der Waals surface area contributed by atoms with Crippen LogP contribution in [0.25, 0.3) is 0 Å². The Bertz CT molecular complexity index is 1110. The Morgan fingerprint density at radius 2 is 1.73 bits per heavy atom. The first-order valence-electron chi connectivity index (χ1n) is 11.5. The second-order valence-corrected chi connectivity index (χ2v) is 9.73. The summed E-state index contributed by atoms with van der Waals surface area (Å²) < 4.78 is 0. The quantitative estimate of drug-likeness (QED) is 0.427. The zero-order valence-electron chi connectivity index (χ0n) is 19.3. The minimum atomic E-state index is -0.201. The lowest BCUT2D eigenvalue weighted by Gasteiger charge is -2.25. The van der Waals surface area contributed by atoms with E-state index in [-0.39, 0.29) is 23.1 Å². The maximum Gasteiger partial charge on any atom is 0.238 e. The van der Waals surface area contributed by atoms with Crippen molar-refractivity contribution in [2.24, 2.45) is 0 Å². The number of hydrogen-bond acceptors (Lipinski definition) is 3. The van der Waals surface area contributed by atoms with Crippen LogP contribution < -0.4 is 10.2 Å². The van der Waals surface area contributed by atoms with E-state index >= 15 is 0 Å². The van der Waals surface area contributed by atoms with Crippen LogP contribution >= 0.6 is 11.8 Å². The van der Waals surface area contributed by atoms with E-state index in [2.05, 4.69) is 31.3 Å². The molecule has 4 nitrogen and oxygen atoms in total. The van der Waals surface area contributed by atoms with E-state index in [1.54, 1.807) is 11.8 Å². The molecule has 1 fully saturated rings. The van der Waals surface area contributed by atoms with Gasteiger partial charge in [0.2, 0.25) is 11.8 Å². The molecule has 2 unspecified atom stereocenters. The standard InChI is InChI=1S/C28H30N2O2S/c1-4-25(21-9-6-5-7-10-21)27(32)29-23-12-8-11-22(17-23)28-30(26(31)18-33-28)24-15-13-20(14-16-24)19(2)3/h5-17,19,25,28H,4,18H2,1-3H3,(H,29,32). The average molecular weight is 459 g/mol. The summed E-state index contributed by atoms with van der Waals surface area (Å²) in [6.07, 6.45) is 0.725. The molecule has 33 heavy (non-hydrogen) atoms. The second-order valence-electron chi connectivity index (χ2n) is 8.66. The van der Waals surface area contributed by atoms with Crippen molar-refractivity contribution in [1.29, 1.82) is 0 Å². The van der Waals surface area contributed by atoms with Crippen LogP contribution in [0.4, 0.5) is 11.4 Å². The van der Waals surface area contributed by atoms with Crippen molar-refractivity contribution in [2.75, 3.05) is 16.0 Å². The van der Waals surface area contributed by atoms with Crippen molar-refractivity contribution in [1.82, 2.24) is 0 Å². The van der Waals surface area contributed by atoms with Gasteiger partial charge in [-0.1, -0.05) is 75.4 Å². The van der Waals surface area contributed by atoms with Crippen LogP contribution in [0.3, 0.4) is 0 Å². The van der Waals surface area contributed by atoms with Crippen LogP contribution in [-0.4, -0.2) is 17.6 Å².